The van der Waals surface area contributed by atoms with Crippen LogP contribution in [-0.4, -0.2) is 51.9 Å². The van der Waals surface area contributed by atoms with Crippen molar-refractivity contribution in [1.29, 1.82) is 0 Å². The number of ether oxygens (including phenoxy) is 2. The van der Waals surface area contributed by atoms with Gasteiger partial charge in [-0.2, -0.15) is 5.10 Å². The molecule has 0 saturated carbocycles. The summed E-state index contributed by atoms with van der Waals surface area (Å²) in [6.07, 6.45) is 2.68. The van der Waals surface area contributed by atoms with Crippen LogP contribution in [0.4, 0.5) is 0 Å². The molecule has 5 rings (SSSR count). The predicted octanol–water partition coefficient (Wildman–Crippen LogP) is 5.20. The monoisotopic (exact) mass is 537 g/mol. The molecule has 0 aliphatic rings. The van der Waals surface area contributed by atoms with Crippen molar-refractivity contribution in [3.8, 4) is 17.2 Å². The number of hydrogen-bond acceptors (Lipinski definition) is 6. The van der Waals surface area contributed by atoms with Gasteiger partial charge in [-0.3, -0.25) is 4.68 Å². The number of fused-ring (bicyclic) bond motifs is 1. The predicted molar refractivity (Wildman–Crippen MR) is 157 cm³/mol. The quantitative estimate of drug-likeness (QED) is 0.181. The highest BCUT2D eigenvalue weighted by Gasteiger charge is 2.15. The Morgan fingerprint density at radius 3 is 2.25 bits per heavy atom. The van der Waals surface area contributed by atoms with Crippen LogP contribution in [0.25, 0.3) is 10.9 Å². The van der Waals surface area contributed by atoms with Gasteiger partial charge in [-0.15, -0.1) is 0 Å². The zero-order valence-corrected chi connectivity index (χ0v) is 22.4. The summed E-state index contributed by atoms with van der Waals surface area (Å²) in [4.78, 5) is 0. The fourth-order valence-electron chi connectivity index (χ4n) is 4.61. The van der Waals surface area contributed by atoms with E-state index in [0.717, 1.165) is 23.7 Å². The van der Waals surface area contributed by atoms with Gasteiger partial charge in [0.25, 0.3) is 0 Å². The Hall–Kier alpha value is -4.33. The molecule has 0 aliphatic carbocycles. The Labute approximate surface area is 234 Å². The van der Waals surface area contributed by atoms with Crippen molar-refractivity contribution >= 4 is 10.9 Å². The number of rotatable bonds is 14. The molecular formula is C33H35N3O4. The van der Waals surface area contributed by atoms with Crippen molar-refractivity contribution in [2.45, 2.75) is 31.6 Å². The molecule has 7 nitrogen and oxygen atoms in total. The van der Waals surface area contributed by atoms with Gasteiger partial charge in [0, 0.05) is 19.3 Å². The third-order valence-corrected chi connectivity index (χ3v) is 6.68. The lowest BCUT2D eigenvalue weighted by Crippen LogP contribution is -2.38. The fraction of sp³-hybridized carbons (Fsp3) is 0.242. The lowest BCUT2D eigenvalue weighted by atomic mass is 10.1. The largest absolute Gasteiger partial charge is 0.504 e. The summed E-state index contributed by atoms with van der Waals surface area (Å²) in [7, 11) is 0. The van der Waals surface area contributed by atoms with Gasteiger partial charge in [0.05, 0.1) is 17.4 Å². The molecule has 0 saturated heterocycles. The number of aliphatic hydroxyl groups is 1. The number of hydrogen-bond donors (Lipinski definition) is 3. The second-order valence-corrected chi connectivity index (χ2v) is 9.86. The number of nitrogens with one attached hydrogen (secondary N) is 1. The van der Waals surface area contributed by atoms with Gasteiger partial charge < -0.3 is 25.0 Å². The first-order valence-corrected chi connectivity index (χ1v) is 13.6. The highest BCUT2D eigenvalue weighted by molar-refractivity contribution is 5.84. The number of aromatic hydroxyl groups is 1. The first kappa shape index (κ1) is 27.2. The van der Waals surface area contributed by atoms with E-state index in [2.05, 4.69) is 34.7 Å². The maximum atomic E-state index is 10.6. The Morgan fingerprint density at radius 1 is 0.775 bits per heavy atom. The summed E-state index contributed by atoms with van der Waals surface area (Å²) in [5.41, 5.74) is 3.25. The van der Waals surface area contributed by atoms with Crippen molar-refractivity contribution in [2.24, 2.45) is 0 Å². The van der Waals surface area contributed by atoms with E-state index in [1.807, 2.05) is 71.5 Å². The molecule has 206 valence electrons. The van der Waals surface area contributed by atoms with Crippen LogP contribution in [0.5, 0.6) is 17.2 Å². The van der Waals surface area contributed by atoms with Crippen molar-refractivity contribution < 1.29 is 19.7 Å². The second-order valence-electron chi connectivity index (χ2n) is 9.86. The van der Waals surface area contributed by atoms with E-state index in [1.165, 1.54) is 11.1 Å². The Morgan fingerprint density at radius 2 is 1.48 bits per heavy atom. The smallest absolute Gasteiger partial charge is 0.161 e. The van der Waals surface area contributed by atoms with Crippen LogP contribution in [0, 0.1) is 0 Å². The average Bonchev–Trinajstić information content (AvgIpc) is 3.40. The molecule has 0 fully saturated rings. The summed E-state index contributed by atoms with van der Waals surface area (Å²) in [5, 5.41) is 29.7. The van der Waals surface area contributed by atoms with Crippen molar-refractivity contribution in [2.75, 3.05) is 19.7 Å². The number of benzene rings is 4. The minimum Gasteiger partial charge on any atom is -0.504 e. The number of phenolic OH excluding ortho intramolecular Hbond substituents is 1. The SMILES string of the molecule is Oc1ccccc1OC(CCc1ccccc1)CNCC(O)COc1cccc2nn(Cc3ccccc3)cc12. The van der Waals surface area contributed by atoms with Crippen LogP contribution in [0.1, 0.15) is 17.5 Å². The number of nitrogens with zero attached hydrogens (tertiary/aromatic N) is 2. The first-order valence-electron chi connectivity index (χ1n) is 13.6. The number of phenols is 1. The Kier molecular flexibility index (Phi) is 9.29. The number of para-hydroxylation sites is 2. The summed E-state index contributed by atoms with van der Waals surface area (Å²) < 4.78 is 14.1. The minimum absolute atomic E-state index is 0.113. The van der Waals surface area contributed by atoms with Crippen LogP contribution >= 0.6 is 0 Å². The standard InChI is InChI=1S/C33H35N3O4/c37-27(24-39-32-17-9-14-30-29(32)23-36(35-30)22-26-12-5-2-6-13-26)20-34-21-28(19-18-25-10-3-1-4-11-25)40-33-16-8-7-15-31(33)38/h1-17,23,27-28,34,37-38H,18-22,24H2. The van der Waals surface area contributed by atoms with Gasteiger partial charge in [0.1, 0.15) is 24.6 Å². The molecule has 4 aromatic carbocycles. The summed E-state index contributed by atoms with van der Waals surface area (Å²) >= 11 is 0. The zero-order chi connectivity index (χ0) is 27.6. The molecule has 3 N–H and O–H groups in total. The van der Waals surface area contributed by atoms with Crippen LogP contribution < -0.4 is 14.8 Å². The van der Waals surface area contributed by atoms with Gasteiger partial charge in [-0.1, -0.05) is 78.9 Å². The van der Waals surface area contributed by atoms with Crippen LogP contribution in [0.2, 0.25) is 0 Å². The Bertz CT molecular complexity index is 1470. The second kappa shape index (κ2) is 13.6. The van der Waals surface area contributed by atoms with Gasteiger partial charge in [-0.25, -0.2) is 0 Å². The lowest BCUT2D eigenvalue weighted by molar-refractivity contribution is 0.101. The molecule has 7 heteroatoms. The van der Waals surface area contributed by atoms with Crippen LogP contribution in [-0.2, 0) is 13.0 Å². The normalized spacial score (nSPS) is 12.7. The molecule has 0 amide bonds. The molecule has 1 heterocycles. The first-order chi connectivity index (χ1) is 19.6. The maximum Gasteiger partial charge on any atom is 0.161 e. The van der Waals surface area contributed by atoms with Crippen molar-refractivity contribution in [3.05, 3.63) is 120 Å². The summed E-state index contributed by atoms with van der Waals surface area (Å²) in [5.74, 6) is 1.26. The molecule has 40 heavy (non-hydrogen) atoms. The van der Waals surface area contributed by atoms with Gasteiger partial charge in [0.15, 0.2) is 11.5 Å². The van der Waals surface area contributed by atoms with E-state index >= 15 is 0 Å². The summed E-state index contributed by atoms with van der Waals surface area (Å²) in [6.45, 7) is 1.68. The molecule has 2 atom stereocenters. The topological polar surface area (TPSA) is 88.8 Å². The molecule has 5 aromatic rings. The van der Waals surface area contributed by atoms with Gasteiger partial charge in [0.2, 0.25) is 0 Å². The highest BCUT2D eigenvalue weighted by Crippen LogP contribution is 2.27. The minimum atomic E-state index is -0.713. The van der Waals surface area contributed by atoms with Gasteiger partial charge in [-0.05, 0) is 48.2 Å². The molecular weight excluding hydrogens is 502 g/mol. The molecule has 0 radical (unpaired) electrons. The number of aliphatic hydroxyl groups excluding tert-OH is 1. The highest BCUT2D eigenvalue weighted by atomic mass is 16.5. The van der Waals surface area contributed by atoms with E-state index in [4.69, 9.17) is 9.47 Å². The van der Waals surface area contributed by atoms with E-state index in [-0.39, 0.29) is 18.5 Å². The third kappa shape index (κ3) is 7.62. The molecule has 2 unspecified atom stereocenters. The molecule has 0 bridgehead atoms. The average molecular weight is 538 g/mol. The number of aromatic nitrogens is 2. The molecule has 1 aromatic heterocycles. The van der Waals surface area contributed by atoms with E-state index in [1.54, 1.807) is 18.2 Å². The van der Waals surface area contributed by atoms with Gasteiger partial charge >= 0.3 is 0 Å². The maximum absolute atomic E-state index is 10.6. The van der Waals surface area contributed by atoms with Crippen LogP contribution in [0.3, 0.4) is 0 Å². The third-order valence-electron chi connectivity index (χ3n) is 6.68. The van der Waals surface area contributed by atoms with E-state index < -0.39 is 6.10 Å². The van der Waals surface area contributed by atoms with Crippen LogP contribution in [0.15, 0.2) is 109 Å². The fourth-order valence-corrected chi connectivity index (χ4v) is 4.61. The molecule has 0 spiro atoms. The molecule has 0 aliphatic heterocycles. The van der Waals surface area contributed by atoms with E-state index in [9.17, 15) is 10.2 Å². The van der Waals surface area contributed by atoms with E-state index in [0.29, 0.717) is 31.1 Å². The lowest BCUT2D eigenvalue weighted by Gasteiger charge is -2.21. The van der Waals surface area contributed by atoms with Crippen molar-refractivity contribution in [3.63, 3.8) is 0 Å². The zero-order valence-electron chi connectivity index (χ0n) is 22.4. The van der Waals surface area contributed by atoms with Crippen molar-refractivity contribution in [1.82, 2.24) is 15.1 Å². The Balaban J connectivity index is 1.14. The number of aryl methyl sites for hydroxylation is 1. The summed E-state index contributed by atoms with van der Waals surface area (Å²) in [6, 6.07) is 33.2.